The molecule has 0 aliphatic heterocycles. The van der Waals surface area contributed by atoms with Gasteiger partial charge in [-0.1, -0.05) is 0 Å². The van der Waals surface area contributed by atoms with Gasteiger partial charge in [0.05, 0.1) is 10.8 Å². The van der Waals surface area contributed by atoms with Crippen molar-refractivity contribution in [2.45, 2.75) is 26.7 Å². The number of nitrogens with one attached hydrogen (secondary N) is 1. The van der Waals surface area contributed by atoms with E-state index in [4.69, 9.17) is 10.8 Å². The third-order valence-corrected chi connectivity index (χ3v) is 3.00. The van der Waals surface area contributed by atoms with E-state index in [0.717, 1.165) is 12.8 Å². The Hall–Kier alpha value is -1.10. The normalized spacial score (nSPS) is 18.3. The van der Waals surface area contributed by atoms with Crippen LogP contribution in [0, 0.1) is 10.8 Å². The smallest absolute Gasteiger partial charge is 0.310 e. The largest absolute Gasteiger partial charge is 0.481 e. The van der Waals surface area contributed by atoms with E-state index in [1.54, 1.807) is 13.8 Å². The van der Waals surface area contributed by atoms with Gasteiger partial charge < -0.3 is 16.2 Å². The fourth-order valence-electron chi connectivity index (χ4n) is 1.24. The van der Waals surface area contributed by atoms with E-state index < -0.39 is 16.8 Å². The van der Waals surface area contributed by atoms with Gasteiger partial charge in [0.15, 0.2) is 0 Å². The molecule has 0 bridgehead atoms. The molecular formula is C10H18N2O3. The minimum absolute atomic E-state index is 0.112. The maximum absolute atomic E-state index is 11.6. The molecule has 1 amide bonds. The molecule has 0 saturated heterocycles. The predicted octanol–water partition coefficient (Wildman–Crippen LogP) is -0.0477. The maximum Gasteiger partial charge on any atom is 0.310 e. The van der Waals surface area contributed by atoms with Crippen LogP contribution >= 0.6 is 0 Å². The lowest BCUT2D eigenvalue weighted by Gasteiger charge is -2.21. The standard InChI is InChI=1S/C10H18N2O3/c1-9(2,8(14)15)6-12-7(13)10(5-11)3-4-10/h3-6,11H2,1-2H3,(H,12,13)(H,14,15). The Labute approximate surface area is 89.0 Å². The Bertz CT molecular complexity index is 282. The van der Waals surface area contributed by atoms with E-state index in [2.05, 4.69) is 5.32 Å². The Morgan fingerprint density at radius 3 is 2.33 bits per heavy atom. The lowest BCUT2D eigenvalue weighted by molar-refractivity contribution is -0.146. The van der Waals surface area contributed by atoms with Crippen LogP contribution in [0.3, 0.4) is 0 Å². The maximum atomic E-state index is 11.6. The molecule has 0 unspecified atom stereocenters. The van der Waals surface area contributed by atoms with Crippen LogP contribution in [0.1, 0.15) is 26.7 Å². The third-order valence-electron chi connectivity index (χ3n) is 3.00. The number of nitrogens with two attached hydrogens (primary N) is 1. The van der Waals surface area contributed by atoms with Crippen molar-refractivity contribution in [3.63, 3.8) is 0 Å². The Kier molecular flexibility index (Phi) is 3.04. The lowest BCUT2D eigenvalue weighted by atomic mass is 9.93. The van der Waals surface area contributed by atoms with E-state index in [-0.39, 0.29) is 12.5 Å². The summed E-state index contributed by atoms with van der Waals surface area (Å²) in [6, 6.07) is 0. The molecular weight excluding hydrogens is 196 g/mol. The summed E-state index contributed by atoms with van der Waals surface area (Å²) in [6.45, 7) is 3.64. The first-order chi connectivity index (χ1) is 6.84. The minimum Gasteiger partial charge on any atom is -0.481 e. The van der Waals surface area contributed by atoms with Gasteiger partial charge in [0.1, 0.15) is 0 Å². The first-order valence-corrected chi connectivity index (χ1v) is 5.06. The molecule has 1 aliphatic rings. The van der Waals surface area contributed by atoms with Crippen LogP contribution in [0.2, 0.25) is 0 Å². The monoisotopic (exact) mass is 214 g/mol. The SMILES string of the molecule is CC(C)(CNC(=O)C1(CN)CC1)C(=O)O. The summed E-state index contributed by atoms with van der Waals surface area (Å²) in [5.41, 5.74) is 4.15. The molecule has 4 N–H and O–H groups in total. The third kappa shape index (κ3) is 2.47. The van der Waals surface area contributed by atoms with Crippen molar-refractivity contribution in [1.82, 2.24) is 5.32 Å². The average Bonchev–Trinajstić information content (AvgIpc) is 2.94. The van der Waals surface area contributed by atoms with E-state index in [1.807, 2.05) is 0 Å². The van der Waals surface area contributed by atoms with Crippen molar-refractivity contribution in [3.8, 4) is 0 Å². The number of rotatable bonds is 5. The molecule has 0 aromatic carbocycles. The number of carbonyl (C=O) groups is 2. The topological polar surface area (TPSA) is 92.4 Å². The minimum atomic E-state index is -0.930. The Balaban J connectivity index is 2.44. The second-order valence-corrected chi connectivity index (χ2v) is 4.86. The molecule has 1 fully saturated rings. The van der Waals surface area contributed by atoms with E-state index in [9.17, 15) is 9.59 Å². The van der Waals surface area contributed by atoms with Crippen LogP contribution in [0.5, 0.6) is 0 Å². The van der Waals surface area contributed by atoms with Crippen LogP contribution in [-0.4, -0.2) is 30.1 Å². The number of hydrogen-bond acceptors (Lipinski definition) is 3. The van der Waals surface area contributed by atoms with E-state index in [1.165, 1.54) is 0 Å². The van der Waals surface area contributed by atoms with Gasteiger partial charge in [0.2, 0.25) is 5.91 Å². The van der Waals surface area contributed by atoms with Gasteiger partial charge in [-0.25, -0.2) is 0 Å². The van der Waals surface area contributed by atoms with Crippen molar-refractivity contribution in [3.05, 3.63) is 0 Å². The molecule has 1 aliphatic carbocycles. The zero-order valence-electron chi connectivity index (χ0n) is 9.17. The second kappa shape index (κ2) is 3.81. The Morgan fingerprint density at radius 2 is 2.00 bits per heavy atom. The van der Waals surface area contributed by atoms with Crippen molar-refractivity contribution >= 4 is 11.9 Å². The van der Waals surface area contributed by atoms with Crippen molar-refractivity contribution in [2.75, 3.05) is 13.1 Å². The van der Waals surface area contributed by atoms with Gasteiger partial charge in [0, 0.05) is 13.1 Å². The van der Waals surface area contributed by atoms with Crippen LogP contribution < -0.4 is 11.1 Å². The summed E-state index contributed by atoms with van der Waals surface area (Å²) in [7, 11) is 0. The summed E-state index contributed by atoms with van der Waals surface area (Å²) in [5, 5.41) is 11.5. The van der Waals surface area contributed by atoms with Gasteiger partial charge in [-0.3, -0.25) is 9.59 Å². The lowest BCUT2D eigenvalue weighted by Crippen LogP contribution is -2.43. The highest BCUT2D eigenvalue weighted by atomic mass is 16.4. The van der Waals surface area contributed by atoms with Gasteiger partial charge in [-0.2, -0.15) is 0 Å². The molecule has 15 heavy (non-hydrogen) atoms. The van der Waals surface area contributed by atoms with Gasteiger partial charge in [-0.05, 0) is 26.7 Å². The summed E-state index contributed by atoms with van der Waals surface area (Å²) >= 11 is 0. The van der Waals surface area contributed by atoms with E-state index in [0.29, 0.717) is 6.54 Å². The van der Waals surface area contributed by atoms with Crippen molar-refractivity contribution < 1.29 is 14.7 Å². The molecule has 1 saturated carbocycles. The fraction of sp³-hybridized carbons (Fsp3) is 0.800. The van der Waals surface area contributed by atoms with Crippen LogP contribution in [0.25, 0.3) is 0 Å². The van der Waals surface area contributed by atoms with E-state index >= 15 is 0 Å². The molecule has 86 valence electrons. The zero-order chi connectivity index (χ0) is 11.7. The molecule has 0 atom stereocenters. The summed E-state index contributed by atoms with van der Waals surface area (Å²) in [6.07, 6.45) is 1.62. The Morgan fingerprint density at radius 1 is 1.47 bits per heavy atom. The number of hydrogen-bond donors (Lipinski definition) is 3. The highest BCUT2D eigenvalue weighted by Crippen LogP contribution is 2.44. The summed E-state index contributed by atoms with van der Waals surface area (Å²) in [5.74, 6) is -1.03. The molecule has 1 rings (SSSR count). The number of carboxylic acid groups (broad SMARTS) is 1. The zero-order valence-corrected chi connectivity index (χ0v) is 9.17. The van der Waals surface area contributed by atoms with Crippen LogP contribution in [0.4, 0.5) is 0 Å². The molecule has 0 aromatic heterocycles. The first kappa shape index (κ1) is 12.0. The molecule has 0 aromatic rings. The first-order valence-electron chi connectivity index (χ1n) is 5.06. The molecule has 5 heteroatoms. The van der Waals surface area contributed by atoms with Crippen molar-refractivity contribution in [1.29, 1.82) is 0 Å². The number of amides is 1. The summed E-state index contributed by atoms with van der Waals surface area (Å²) in [4.78, 5) is 22.4. The molecule has 0 spiro atoms. The molecule has 5 nitrogen and oxygen atoms in total. The number of carbonyl (C=O) groups excluding carboxylic acids is 1. The quantitative estimate of drug-likeness (QED) is 0.598. The molecule has 0 heterocycles. The molecule has 0 radical (unpaired) electrons. The van der Waals surface area contributed by atoms with Gasteiger partial charge in [0.25, 0.3) is 0 Å². The summed E-state index contributed by atoms with van der Waals surface area (Å²) < 4.78 is 0. The second-order valence-electron chi connectivity index (χ2n) is 4.86. The van der Waals surface area contributed by atoms with Gasteiger partial charge >= 0.3 is 5.97 Å². The highest BCUT2D eigenvalue weighted by Gasteiger charge is 2.48. The highest BCUT2D eigenvalue weighted by molar-refractivity contribution is 5.86. The van der Waals surface area contributed by atoms with Crippen LogP contribution in [0.15, 0.2) is 0 Å². The van der Waals surface area contributed by atoms with Crippen molar-refractivity contribution in [2.24, 2.45) is 16.6 Å². The fourth-order valence-corrected chi connectivity index (χ4v) is 1.24. The predicted molar refractivity (Wildman–Crippen MR) is 55.1 cm³/mol. The average molecular weight is 214 g/mol. The number of carboxylic acids is 1. The van der Waals surface area contributed by atoms with Crippen LogP contribution in [-0.2, 0) is 9.59 Å². The van der Waals surface area contributed by atoms with Gasteiger partial charge in [-0.15, -0.1) is 0 Å². The number of aliphatic carboxylic acids is 1.